The molecule has 1 amide bonds. The monoisotopic (exact) mass is 257 g/mol. The Morgan fingerprint density at radius 3 is 2.89 bits per heavy atom. The lowest BCUT2D eigenvalue weighted by atomic mass is 10.1. The van der Waals surface area contributed by atoms with Crippen molar-refractivity contribution in [2.24, 2.45) is 5.73 Å². The maximum absolute atomic E-state index is 11.6. The Hall–Kier alpha value is -0.650. The van der Waals surface area contributed by atoms with Crippen LogP contribution in [0.3, 0.4) is 0 Å². The fraction of sp³-hybridized carbons (Fsp3) is 0.923. The molecule has 18 heavy (non-hydrogen) atoms. The number of likely N-dealkylation sites (tertiary alicyclic amines) is 1. The molecule has 1 fully saturated rings. The summed E-state index contributed by atoms with van der Waals surface area (Å²) in [6, 6.07) is 0.622. The number of methoxy groups -OCH3 is 1. The molecular weight excluding hydrogens is 230 g/mol. The van der Waals surface area contributed by atoms with Gasteiger partial charge in [-0.25, -0.2) is 0 Å². The lowest BCUT2D eigenvalue weighted by Crippen LogP contribution is -2.46. The molecule has 3 N–H and O–H groups in total. The molecule has 0 radical (unpaired) electrons. The minimum Gasteiger partial charge on any atom is -0.383 e. The molecule has 1 saturated heterocycles. The van der Waals surface area contributed by atoms with Crippen LogP contribution in [0.25, 0.3) is 0 Å². The van der Waals surface area contributed by atoms with Crippen LogP contribution in [-0.2, 0) is 9.53 Å². The van der Waals surface area contributed by atoms with Crippen molar-refractivity contribution in [1.29, 1.82) is 0 Å². The van der Waals surface area contributed by atoms with Crippen LogP contribution in [0, 0.1) is 0 Å². The molecule has 106 valence electrons. The molecule has 5 heteroatoms. The van der Waals surface area contributed by atoms with E-state index in [0.29, 0.717) is 31.7 Å². The van der Waals surface area contributed by atoms with Gasteiger partial charge in [0.1, 0.15) is 0 Å². The predicted octanol–water partition coefficient (Wildman–Crippen LogP) is 0.341. The van der Waals surface area contributed by atoms with Gasteiger partial charge in [0.05, 0.1) is 6.61 Å². The zero-order valence-electron chi connectivity index (χ0n) is 11.7. The van der Waals surface area contributed by atoms with Crippen LogP contribution >= 0.6 is 0 Å². The molecule has 5 nitrogen and oxygen atoms in total. The number of carbonyl (C=O) groups excluding carboxylic acids is 1. The van der Waals surface area contributed by atoms with E-state index >= 15 is 0 Å². The SMILES string of the molecule is COCC(CCCN)NC(C)CN1CCCC1=O. The Balaban J connectivity index is 2.30. The lowest BCUT2D eigenvalue weighted by molar-refractivity contribution is -0.128. The van der Waals surface area contributed by atoms with Gasteiger partial charge < -0.3 is 20.7 Å². The third-order valence-electron chi connectivity index (χ3n) is 3.31. The van der Waals surface area contributed by atoms with E-state index in [-0.39, 0.29) is 5.91 Å². The number of nitrogens with one attached hydrogen (secondary N) is 1. The van der Waals surface area contributed by atoms with Gasteiger partial charge in [0, 0.05) is 38.7 Å². The number of amides is 1. The molecule has 0 bridgehead atoms. The average Bonchev–Trinajstić information content (AvgIpc) is 2.72. The first-order chi connectivity index (χ1) is 8.67. The third-order valence-corrected chi connectivity index (χ3v) is 3.31. The molecule has 1 rings (SSSR count). The van der Waals surface area contributed by atoms with Crippen LogP contribution in [0.5, 0.6) is 0 Å². The van der Waals surface area contributed by atoms with Gasteiger partial charge in [-0.2, -0.15) is 0 Å². The van der Waals surface area contributed by atoms with Gasteiger partial charge in [0.15, 0.2) is 0 Å². The zero-order valence-corrected chi connectivity index (χ0v) is 11.7. The molecule has 0 saturated carbocycles. The second kappa shape index (κ2) is 8.45. The van der Waals surface area contributed by atoms with Crippen LogP contribution in [0.4, 0.5) is 0 Å². The Morgan fingerprint density at radius 1 is 1.56 bits per heavy atom. The molecule has 0 spiro atoms. The standard InChI is InChI=1S/C13H27N3O2/c1-11(9-16-8-4-6-13(16)17)15-12(10-18-2)5-3-7-14/h11-12,15H,3-10,14H2,1-2H3. The maximum atomic E-state index is 11.6. The van der Waals surface area contributed by atoms with Gasteiger partial charge in [0.2, 0.25) is 5.91 Å². The molecule has 2 atom stereocenters. The highest BCUT2D eigenvalue weighted by Crippen LogP contribution is 2.10. The van der Waals surface area contributed by atoms with Crippen molar-refractivity contribution in [2.75, 3.05) is 33.4 Å². The minimum atomic E-state index is 0.286. The average molecular weight is 257 g/mol. The summed E-state index contributed by atoms with van der Waals surface area (Å²) in [5.74, 6) is 0.286. The van der Waals surface area contributed by atoms with Crippen LogP contribution in [0.15, 0.2) is 0 Å². The summed E-state index contributed by atoms with van der Waals surface area (Å²) < 4.78 is 5.21. The molecule has 0 aliphatic carbocycles. The van der Waals surface area contributed by atoms with Crippen molar-refractivity contribution in [3.8, 4) is 0 Å². The van der Waals surface area contributed by atoms with Gasteiger partial charge >= 0.3 is 0 Å². The summed E-state index contributed by atoms with van der Waals surface area (Å²) in [5, 5.41) is 3.53. The third kappa shape index (κ3) is 5.33. The normalized spacial score (nSPS) is 19.3. The van der Waals surface area contributed by atoms with Crippen molar-refractivity contribution >= 4 is 5.91 Å². The number of nitrogens with two attached hydrogens (primary N) is 1. The van der Waals surface area contributed by atoms with Gasteiger partial charge in [-0.1, -0.05) is 0 Å². The number of nitrogens with zero attached hydrogens (tertiary/aromatic N) is 1. The largest absolute Gasteiger partial charge is 0.383 e. The van der Waals surface area contributed by atoms with E-state index in [1.165, 1.54) is 0 Å². The number of ether oxygens (including phenoxy) is 1. The summed E-state index contributed by atoms with van der Waals surface area (Å²) in [6.07, 6.45) is 3.72. The summed E-state index contributed by atoms with van der Waals surface area (Å²) in [4.78, 5) is 13.5. The highest BCUT2D eigenvalue weighted by Gasteiger charge is 2.22. The summed E-state index contributed by atoms with van der Waals surface area (Å²) in [5.41, 5.74) is 5.53. The fourth-order valence-corrected chi connectivity index (χ4v) is 2.46. The number of carbonyl (C=O) groups is 1. The van der Waals surface area contributed by atoms with E-state index in [4.69, 9.17) is 10.5 Å². The van der Waals surface area contributed by atoms with E-state index in [0.717, 1.165) is 32.4 Å². The van der Waals surface area contributed by atoms with Crippen molar-refractivity contribution in [3.05, 3.63) is 0 Å². The Kier molecular flexibility index (Phi) is 7.23. The van der Waals surface area contributed by atoms with Gasteiger partial charge in [-0.05, 0) is 32.7 Å². The van der Waals surface area contributed by atoms with E-state index in [1.54, 1.807) is 7.11 Å². The van der Waals surface area contributed by atoms with Crippen molar-refractivity contribution in [2.45, 2.75) is 44.7 Å². The molecule has 1 aliphatic heterocycles. The molecular formula is C13H27N3O2. The number of hydrogen-bond donors (Lipinski definition) is 2. The van der Waals surface area contributed by atoms with E-state index in [1.807, 2.05) is 4.90 Å². The molecule has 0 aromatic heterocycles. The van der Waals surface area contributed by atoms with Crippen LogP contribution < -0.4 is 11.1 Å². The van der Waals surface area contributed by atoms with Gasteiger partial charge in [0.25, 0.3) is 0 Å². The molecule has 1 heterocycles. The predicted molar refractivity (Wildman–Crippen MR) is 72.4 cm³/mol. The molecule has 0 aromatic rings. The van der Waals surface area contributed by atoms with Crippen molar-refractivity contribution in [1.82, 2.24) is 10.2 Å². The van der Waals surface area contributed by atoms with Gasteiger partial charge in [-0.15, -0.1) is 0 Å². The van der Waals surface area contributed by atoms with E-state index in [2.05, 4.69) is 12.2 Å². The van der Waals surface area contributed by atoms with Crippen LogP contribution in [-0.4, -0.2) is 56.2 Å². The van der Waals surface area contributed by atoms with E-state index < -0.39 is 0 Å². The fourth-order valence-electron chi connectivity index (χ4n) is 2.46. The number of rotatable bonds is 9. The second-order valence-corrected chi connectivity index (χ2v) is 5.09. The smallest absolute Gasteiger partial charge is 0.222 e. The van der Waals surface area contributed by atoms with Crippen LogP contribution in [0.1, 0.15) is 32.6 Å². The quantitative estimate of drug-likeness (QED) is 0.625. The molecule has 1 aliphatic rings. The maximum Gasteiger partial charge on any atom is 0.222 e. The first-order valence-corrected chi connectivity index (χ1v) is 6.90. The Bertz CT molecular complexity index is 248. The first kappa shape index (κ1) is 15.4. The Morgan fingerprint density at radius 2 is 2.33 bits per heavy atom. The summed E-state index contributed by atoms with van der Waals surface area (Å²) in [6.45, 7) is 5.22. The summed E-state index contributed by atoms with van der Waals surface area (Å²) in [7, 11) is 1.71. The zero-order chi connectivity index (χ0) is 13.4. The second-order valence-electron chi connectivity index (χ2n) is 5.09. The lowest BCUT2D eigenvalue weighted by Gasteiger charge is -2.26. The molecule has 0 aromatic carbocycles. The van der Waals surface area contributed by atoms with Crippen molar-refractivity contribution in [3.63, 3.8) is 0 Å². The first-order valence-electron chi connectivity index (χ1n) is 6.90. The Labute approximate surface area is 110 Å². The topological polar surface area (TPSA) is 67.6 Å². The highest BCUT2D eigenvalue weighted by molar-refractivity contribution is 5.78. The number of hydrogen-bond acceptors (Lipinski definition) is 4. The van der Waals surface area contributed by atoms with Gasteiger partial charge in [-0.3, -0.25) is 4.79 Å². The molecule has 2 unspecified atom stereocenters. The highest BCUT2D eigenvalue weighted by atomic mass is 16.5. The summed E-state index contributed by atoms with van der Waals surface area (Å²) >= 11 is 0. The van der Waals surface area contributed by atoms with Crippen LogP contribution in [0.2, 0.25) is 0 Å². The van der Waals surface area contributed by atoms with Crippen molar-refractivity contribution < 1.29 is 9.53 Å². The minimum absolute atomic E-state index is 0.286. The van der Waals surface area contributed by atoms with E-state index in [9.17, 15) is 4.79 Å².